The summed E-state index contributed by atoms with van der Waals surface area (Å²) in [5, 5.41) is 19.6. The van der Waals surface area contributed by atoms with Crippen LogP contribution in [-0.4, -0.2) is 58.9 Å². The monoisotopic (exact) mass is 479 g/mol. The highest BCUT2D eigenvalue weighted by Crippen LogP contribution is 2.41. The number of urea groups is 1. The van der Waals surface area contributed by atoms with Gasteiger partial charge in [0.2, 0.25) is 0 Å². The maximum absolute atomic E-state index is 14.1. The molecule has 10 nitrogen and oxygen atoms in total. The van der Waals surface area contributed by atoms with Crippen molar-refractivity contribution in [2.75, 3.05) is 25.0 Å². The molecule has 11 heteroatoms. The topological polar surface area (TPSA) is 140 Å². The van der Waals surface area contributed by atoms with Crippen LogP contribution in [0.2, 0.25) is 0 Å². The van der Waals surface area contributed by atoms with Crippen LogP contribution in [0.3, 0.4) is 0 Å². The summed E-state index contributed by atoms with van der Waals surface area (Å²) >= 11 is 1.35. The van der Waals surface area contributed by atoms with E-state index in [2.05, 4.69) is 31.5 Å². The number of hydrogen-bond acceptors (Lipinski definition) is 7. The number of aromatic nitrogens is 2. The van der Waals surface area contributed by atoms with Crippen LogP contribution in [0, 0.1) is 5.92 Å². The fourth-order valence-electron chi connectivity index (χ4n) is 4.65. The number of thiophene rings is 1. The number of Topliss-reactive ketones (excluding diaryl/α,β-unsaturated/α-hetero) is 1. The third-order valence-electron chi connectivity index (χ3n) is 6.24. The third-order valence-corrected chi connectivity index (χ3v) is 7.33. The molecule has 2 atom stereocenters. The van der Waals surface area contributed by atoms with Crippen LogP contribution in [0.25, 0.3) is 10.1 Å². The summed E-state index contributed by atoms with van der Waals surface area (Å²) in [5.74, 6) is -0.652. The Morgan fingerprint density at radius 2 is 2.15 bits per heavy atom. The van der Waals surface area contributed by atoms with Gasteiger partial charge in [0.15, 0.2) is 11.3 Å². The van der Waals surface area contributed by atoms with Gasteiger partial charge in [0, 0.05) is 35.8 Å². The van der Waals surface area contributed by atoms with E-state index in [1.807, 2.05) is 31.2 Å². The number of rotatable bonds is 6. The lowest BCUT2D eigenvalue weighted by Crippen LogP contribution is -2.57. The van der Waals surface area contributed by atoms with Crippen molar-refractivity contribution < 1.29 is 14.4 Å². The maximum Gasteiger partial charge on any atom is 0.319 e. The quantitative estimate of drug-likeness (QED) is 0.344. The first-order valence-electron chi connectivity index (χ1n) is 11.2. The van der Waals surface area contributed by atoms with E-state index < -0.39 is 11.5 Å². The van der Waals surface area contributed by atoms with Crippen molar-refractivity contribution in [2.45, 2.75) is 25.3 Å². The molecule has 0 saturated carbocycles. The zero-order valence-corrected chi connectivity index (χ0v) is 19.4. The number of hydrogen-bond donors (Lipinski definition) is 5. The van der Waals surface area contributed by atoms with Crippen molar-refractivity contribution in [1.29, 1.82) is 0 Å². The van der Waals surface area contributed by atoms with Crippen molar-refractivity contribution in [3.8, 4) is 0 Å². The van der Waals surface area contributed by atoms with Crippen LogP contribution in [0.4, 0.5) is 9.80 Å². The minimum Gasteiger partial charge on any atom is -0.338 e. The molecule has 1 spiro atoms. The van der Waals surface area contributed by atoms with E-state index in [0.29, 0.717) is 48.9 Å². The summed E-state index contributed by atoms with van der Waals surface area (Å²) in [6, 6.07) is 7.16. The van der Waals surface area contributed by atoms with Crippen LogP contribution in [0.5, 0.6) is 0 Å². The minimum absolute atomic E-state index is 0.208. The maximum atomic E-state index is 14.1. The van der Waals surface area contributed by atoms with Gasteiger partial charge in [0.05, 0.1) is 17.7 Å². The standard InChI is InChI=1S/C23H25N7O3S/c1-2-25-22(33)29-20-18(14-5-3-4-6-16(14)34-20)19(31)15-12-24-8-7-23(15)21(32)28-17(30-23)9-13-10-26-27-11-13/h3-6,10-11,15,24H,2,7-9,12H2,1H3,(H,26,27)(H2,25,29,33)(H,28,30,32). The van der Waals surface area contributed by atoms with Crippen molar-refractivity contribution in [2.24, 2.45) is 10.9 Å². The van der Waals surface area contributed by atoms with Gasteiger partial charge in [-0.1, -0.05) is 18.2 Å². The summed E-state index contributed by atoms with van der Waals surface area (Å²) in [6.07, 6.45) is 4.26. The number of amides is 3. The second kappa shape index (κ2) is 8.99. The van der Waals surface area contributed by atoms with Gasteiger partial charge in [-0.05, 0) is 31.5 Å². The Balaban J connectivity index is 1.54. The number of carbonyl (C=O) groups is 3. The van der Waals surface area contributed by atoms with Crippen molar-refractivity contribution in [1.82, 2.24) is 26.1 Å². The number of fused-ring (bicyclic) bond motifs is 1. The molecule has 4 heterocycles. The molecule has 0 radical (unpaired) electrons. The molecule has 176 valence electrons. The molecule has 1 aromatic carbocycles. The normalized spacial score (nSPS) is 22.0. The summed E-state index contributed by atoms with van der Waals surface area (Å²) in [4.78, 5) is 44.5. The molecule has 2 aromatic heterocycles. The summed E-state index contributed by atoms with van der Waals surface area (Å²) in [7, 11) is 0. The van der Waals surface area contributed by atoms with Gasteiger partial charge < -0.3 is 16.0 Å². The third kappa shape index (κ3) is 3.86. The Morgan fingerprint density at radius 1 is 1.29 bits per heavy atom. The Morgan fingerprint density at radius 3 is 2.94 bits per heavy atom. The second-order valence-electron chi connectivity index (χ2n) is 8.38. The molecular weight excluding hydrogens is 454 g/mol. The lowest BCUT2D eigenvalue weighted by atomic mass is 9.74. The molecular formula is C23H25N7O3S. The Bertz CT molecular complexity index is 1280. The number of amidine groups is 1. The predicted octanol–water partition coefficient (Wildman–Crippen LogP) is 2.07. The number of aromatic amines is 1. The smallest absolute Gasteiger partial charge is 0.319 e. The highest BCUT2D eigenvalue weighted by atomic mass is 32.1. The van der Waals surface area contributed by atoms with E-state index in [9.17, 15) is 14.4 Å². The summed E-state index contributed by atoms with van der Waals surface area (Å²) < 4.78 is 0.885. The molecule has 2 aliphatic heterocycles. The van der Waals surface area contributed by atoms with E-state index in [0.717, 1.165) is 15.6 Å². The number of anilines is 1. The fraction of sp³-hybridized carbons (Fsp3) is 0.348. The summed E-state index contributed by atoms with van der Waals surface area (Å²) in [6.45, 7) is 3.18. The van der Waals surface area contributed by atoms with Gasteiger partial charge in [0.25, 0.3) is 5.91 Å². The lowest BCUT2D eigenvalue weighted by Gasteiger charge is -2.36. The number of aliphatic imine (C=N–C) groups is 1. The van der Waals surface area contributed by atoms with Crippen molar-refractivity contribution >= 4 is 50.0 Å². The molecule has 2 aliphatic rings. The highest BCUT2D eigenvalue weighted by molar-refractivity contribution is 7.23. The van der Waals surface area contributed by atoms with Crippen LogP contribution in [0.15, 0.2) is 41.7 Å². The first-order chi connectivity index (χ1) is 16.5. The molecule has 5 N–H and O–H groups in total. The number of H-pyrrole nitrogens is 1. The number of nitrogens with one attached hydrogen (secondary N) is 5. The van der Waals surface area contributed by atoms with Gasteiger partial charge in [-0.3, -0.25) is 25.0 Å². The number of nitrogens with zero attached hydrogens (tertiary/aromatic N) is 2. The zero-order chi connectivity index (χ0) is 23.7. The first-order valence-corrected chi connectivity index (χ1v) is 12.0. The Labute approximate surface area is 199 Å². The molecule has 2 unspecified atom stereocenters. The lowest BCUT2D eigenvalue weighted by molar-refractivity contribution is -0.125. The van der Waals surface area contributed by atoms with E-state index in [4.69, 9.17) is 4.99 Å². The van der Waals surface area contributed by atoms with E-state index in [1.54, 1.807) is 12.4 Å². The van der Waals surface area contributed by atoms with E-state index in [1.165, 1.54) is 11.3 Å². The van der Waals surface area contributed by atoms with Crippen LogP contribution in [-0.2, 0) is 11.2 Å². The molecule has 3 amide bonds. The van der Waals surface area contributed by atoms with Gasteiger partial charge in [-0.15, -0.1) is 11.3 Å². The molecule has 1 saturated heterocycles. The minimum atomic E-state index is -1.19. The Hall–Kier alpha value is -3.57. The molecule has 0 bridgehead atoms. The number of benzene rings is 1. The van der Waals surface area contributed by atoms with E-state index in [-0.39, 0.29) is 17.7 Å². The number of carbonyl (C=O) groups excluding carboxylic acids is 3. The molecule has 1 fully saturated rings. The molecule has 3 aromatic rings. The Kier molecular flexibility index (Phi) is 5.88. The van der Waals surface area contributed by atoms with Crippen LogP contribution >= 0.6 is 11.3 Å². The van der Waals surface area contributed by atoms with Gasteiger partial charge in [-0.2, -0.15) is 5.10 Å². The first kappa shape index (κ1) is 22.2. The van der Waals surface area contributed by atoms with E-state index >= 15 is 0 Å². The van der Waals surface area contributed by atoms with Gasteiger partial charge in [0.1, 0.15) is 10.8 Å². The predicted molar refractivity (Wildman–Crippen MR) is 130 cm³/mol. The molecule has 34 heavy (non-hydrogen) atoms. The number of ketones is 1. The average Bonchev–Trinajstić information content (AvgIpc) is 3.52. The molecule has 0 aliphatic carbocycles. The second-order valence-corrected chi connectivity index (χ2v) is 9.43. The number of piperidine rings is 1. The SMILES string of the molecule is CCNC(=O)Nc1sc2ccccc2c1C(=O)C1CNCCC12N=C(Cc1cn[nH]c1)NC2=O. The van der Waals surface area contributed by atoms with Gasteiger partial charge in [-0.25, -0.2) is 4.79 Å². The fourth-order valence-corrected chi connectivity index (χ4v) is 5.76. The van der Waals surface area contributed by atoms with Crippen molar-refractivity contribution in [3.63, 3.8) is 0 Å². The molecule has 5 rings (SSSR count). The average molecular weight is 480 g/mol. The highest BCUT2D eigenvalue weighted by Gasteiger charge is 2.54. The van der Waals surface area contributed by atoms with Gasteiger partial charge >= 0.3 is 6.03 Å². The van der Waals surface area contributed by atoms with Crippen LogP contribution in [0.1, 0.15) is 29.3 Å². The van der Waals surface area contributed by atoms with Crippen LogP contribution < -0.4 is 21.3 Å². The summed E-state index contributed by atoms with van der Waals surface area (Å²) in [5.41, 5.74) is 0.129. The van der Waals surface area contributed by atoms with Crippen molar-refractivity contribution in [3.05, 3.63) is 47.8 Å². The zero-order valence-electron chi connectivity index (χ0n) is 18.6. The largest absolute Gasteiger partial charge is 0.338 e.